The summed E-state index contributed by atoms with van der Waals surface area (Å²) in [5.41, 5.74) is 8.55. The SMILES string of the molecule is CCC(N)c1ccc(N(Cc2ccco2)C2CC2)cc1. The highest BCUT2D eigenvalue weighted by Crippen LogP contribution is 2.33. The Kier molecular flexibility index (Phi) is 3.79. The second-order valence-corrected chi connectivity index (χ2v) is 5.54. The molecule has 106 valence electrons. The Morgan fingerprint density at radius 2 is 2.00 bits per heavy atom. The van der Waals surface area contributed by atoms with Gasteiger partial charge < -0.3 is 15.1 Å². The summed E-state index contributed by atoms with van der Waals surface area (Å²) in [6.07, 6.45) is 5.26. The van der Waals surface area contributed by atoms with Gasteiger partial charge in [0, 0.05) is 17.8 Å². The first-order chi connectivity index (χ1) is 9.78. The lowest BCUT2D eigenvalue weighted by atomic mass is 10.0. The van der Waals surface area contributed by atoms with E-state index in [1.54, 1.807) is 6.26 Å². The maximum atomic E-state index is 6.07. The summed E-state index contributed by atoms with van der Waals surface area (Å²) in [6.45, 7) is 2.96. The first-order valence-corrected chi connectivity index (χ1v) is 7.42. The monoisotopic (exact) mass is 270 g/mol. The van der Waals surface area contributed by atoms with Gasteiger partial charge in [0.05, 0.1) is 12.8 Å². The fraction of sp³-hybridized carbons (Fsp3) is 0.412. The quantitative estimate of drug-likeness (QED) is 0.866. The first-order valence-electron chi connectivity index (χ1n) is 7.42. The van der Waals surface area contributed by atoms with E-state index in [1.807, 2.05) is 12.1 Å². The number of nitrogens with two attached hydrogens (primary N) is 1. The Balaban J connectivity index is 1.77. The van der Waals surface area contributed by atoms with Gasteiger partial charge in [0.15, 0.2) is 0 Å². The highest BCUT2D eigenvalue weighted by molar-refractivity contribution is 5.50. The number of hydrogen-bond acceptors (Lipinski definition) is 3. The van der Waals surface area contributed by atoms with Crippen LogP contribution < -0.4 is 10.6 Å². The Morgan fingerprint density at radius 1 is 1.25 bits per heavy atom. The van der Waals surface area contributed by atoms with Gasteiger partial charge in [-0.2, -0.15) is 0 Å². The van der Waals surface area contributed by atoms with Gasteiger partial charge in [0.1, 0.15) is 5.76 Å². The van der Waals surface area contributed by atoms with Gasteiger partial charge in [0.25, 0.3) is 0 Å². The van der Waals surface area contributed by atoms with Crippen LogP contribution >= 0.6 is 0 Å². The van der Waals surface area contributed by atoms with Gasteiger partial charge in [-0.15, -0.1) is 0 Å². The van der Waals surface area contributed by atoms with Crippen molar-refractivity contribution in [1.29, 1.82) is 0 Å². The molecule has 0 bridgehead atoms. The van der Waals surface area contributed by atoms with Crippen LogP contribution in [0.3, 0.4) is 0 Å². The van der Waals surface area contributed by atoms with E-state index in [9.17, 15) is 0 Å². The van der Waals surface area contributed by atoms with Crippen molar-refractivity contribution in [1.82, 2.24) is 0 Å². The van der Waals surface area contributed by atoms with Gasteiger partial charge in [-0.1, -0.05) is 19.1 Å². The van der Waals surface area contributed by atoms with Crippen LogP contribution in [0.15, 0.2) is 47.1 Å². The number of nitrogens with zero attached hydrogens (tertiary/aromatic N) is 1. The van der Waals surface area contributed by atoms with Crippen molar-refractivity contribution in [2.24, 2.45) is 5.73 Å². The highest BCUT2D eigenvalue weighted by atomic mass is 16.3. The number of rotatable bonds is 6. The second-order valence-electron chi connectivity index (χ2n) is 5.54. The zero-order valence-corrected chi connectivity index (χ0v) is 12.0. The normalized spacial score (nSPS) is 16.1. The maximum Gasteiger partial charge on any atom is 0.123 e. The molecule has 1 aliphatic carbocycles. The molecule has 2 N–H and O–H groups in total. The van der Waals surface area contributed by atoms with Crippen LogP contribution in [0.4, 0.5) is 5.69 Å². The minimum absolute atomic E-state index is 0.142. The molecule has 0 spiro atoms. The van der Waals surface area contributed by atoms with Crippen molar-refractivity contribution in [3.63, 3.8) is 0 Å². The van der Waals surface area contributed by atoms with Crippen LogP contribution in [-0.4, -0.2) is 6.04 Å². The lowest BCUT2D eigenvalue weighted by molar-refractivity contribution is 0.501. The van der Waals surface area contributed by atoms with Crippen LogP contribution in [0, 0.1) is 0 Å². The summed E-state index contributed by atoms with van der Waals surface area (Å²) < 4.78 is 5.48. The zero-order chi connectivity index (χ0) is 13.9. The van der Waals surface area contributed by atoms with E-state index < -0.39 is 0 Å². The van der Waals surface area contributed by atoms with Crippen LogP contribution in [-0.2, 0) is 6.54 Å². The van der Waals surface area contributed by atoms with Gasteiger partial charge in [-0.05, 0) is 49.1 Å². The summed E-state index contributed by atoms with van der Waals surface area (Å²) >= 11 is 0. The van der Waals surface area contributed by atoms with Crippen LogP contribution in [0.25, 0.3) is 0 Å². The van der Waals surface area contributed by atoms with Crippen LogP contribution in [0.2, 0.25) is 0 Å². The first kappa shape index (κ1) is 13.3. The fourth-order valence-electron chi connectivity index (χ4n) is 2.54. The minimum Gasteiger partial charge on any atom is -0.467 e. The molecule has 0 radical (unpaired) electrons. The topological polar surface area (TPSA) is 42.4 Å². The van der Waals surface area contributed by atoms with Gasteiger partial charge in [-0.3, -0.25) is 0 Å². The molecule has 1 atom stereocenters. The lowest BCUT2D eigenvalue weighted by Gasteiger charge is -2.24. The predicted octanol–water partition coefficient (Wildman–Crippen LogP) is 3.86. The average Bonchev–Trinajstić information content (AvgIpc) is 3.21. The van der Waals surface area contributed by atoms with Crippen molar-refractivity contribution in [2.75, 3.05) is 4.90 Å². The van der Waals surface area contributed by atoms with Gasteiger partial charge >= 0.3 is 0 Å². The summed E-state index contributed by atoms with van der Waals surface area (Å²) in [6, 6.07) is 13.5. The number of benzene rings is 1. The van der Waals surface area contributed by atoms with Gasteiger partial charge in [-0.25, -0.2) is 0 Å². The third kappa shape index (κ3) is 2.88. The molecule has 0 saturated heterocycles. The molecule has 1 heterocycles. The van der Waals surface area contributed by atoms with E-state index in [0.717, 1.165) is 18.7 Å². The Hall–Kier alpha value is -1.74. The number of hydrogen-bond donors (Lipinski definition) is 1. The molecule has 0 aliphatic heterocycles. The van der Waals surface area contributed by atoms with E-state index in [-0.39, 0.29) is 6.04 Å². The Labute approximate surface area is 120 Å². The molecule has 3 nitrogen and oxygen atoms in total. The molecular weight excluding hydrogens is 248 g/mol. The zero-order valence-electron chi connectivity index (χ0n) is 12.0. The molecule has 1 unspecified atom stereocenters. The summed E-state index contributed by atoms with van der Waals surface area (Å²) in [5, 5.41) is 0. The molecule has 1 saturated carbocycles. The highest BCUT2D eigenvalue weighted by Gasteiger charge is 2.29. The van der Waals surface area contributed by atoms with Crippen LogP contribution in [0.1, 0.15) is 43.6 Å². The molecule has 1 aliphatic rings. The van der Waals surface area contributed by atoms with E-state index in [1.165, 1.54) is 24.1 Å². The van der Waals surface area contributed by atoms with Crippen molar-refractivity contribution in [3.05, 3.63) is 54.0 Å². The molecule has 2 aromatic rings. The lowest BCUT2D eigenvalue weighted by Crippen LogP contribution is -2.24. The predicted molar refractivity (Wildman–Crippen MR) is 81.6 cm³/mol. The number of furan rings is 1. The Bertz CT molecular complexity index is 529. The van der Waals surface area contributed by atoms with Crippen LogP contribution in [0.5, 0.6) is 0 Å². The molecule has 1 aromatic heterocycles. The molecular formula is C17H22N2O. The third-order valence-electron chi connectivity index (χ3n) is 3.99. The summed E-state index contributed by atoms with van der Waals surface area (Å²) in [5.74, 6) is 1.02. The Morgan fingerprint density at radius 3 is 2.55 bits per heavy atom. The van der Waals surface area contributed by atoms with E-state index in [4.69, 9.17) is 10.2 Å². The second kappa shape index (κ2) is 5.71. The average molecular weight is 270 g/mol. The summed E-state index contributed by atoms with van der Waals surface area (Å²) in [4.78, 5) is 2.43. The fourth-order valence-corrected chi connectivity index (χ4v) is 2.54. The van der Waals surface area contributed by atoms with Crippen molar-refractivity contribution >= 4 is 5.69 Å². The molecule has 0 amide bonds. The van der Waals surface area contributed by atoms with E-state index >= 15 is 0 Å². The maximum absolute atomic E-state index is 6.07. The number of anilines is 1. The van der Waals surface area contributed by atoms with E-state index in [2.05, 4.69) is 36.1 Å². The molecule has 3 heteroatoms. The van der Waals surface area contributed by atoms with E-state index in [0.29, 0.717) is 6.04 Å². The standard InChI is InChI=1S/C17H22N2O/c1-2-17(18)13-5-7-14(8-6-13)19(15-9-10-15)12-16-4-3-11-20-16/h3-8,11,15,17H,2,9-10,12,18H2,1H3. The molecule has 20 heavy (non-hydrogen) atoms. The molecule has 3 rings (SSSR count). The molecule has 1 aromatic carbocycles. The largest absolute Gasteiger partial charge is 0.467 e. The van der Waals surface area contributed by atoms with Gasteiger partial charge in [0.2, 0.25) is 0 Å². The van der Waals surface area contributed by atoms with Crippen molar-refractivity contribution in [2.45, 2.75) is 44.8 Å². The summed E-state index contributed by atoms with van der Waals surface area (Å²) in [7, 11) is 0. The smallest absolute Gasteiger partial charge is 0.123 e. The third-order valence-corrected chi connectivity index (χ3v) is 3.99. The van der Waals surface area contributed by atoms with Crippen molar-refractivity contribution < 1.29 is 4.42 Å². The minimum atomic E-state index is 0.142. The molecule has 1 fully saturated rings. The van der Waals surface area contributed by atoms with Crippen molar-refractivity contribution in [3.8, 4) is 0 Å².